The predicted octanol–water partition coefficient (Wildman–Crippen LogP) is 1.76. The summed E-state index contributed by atoms with van der Waals surface area (Å²) in [6.07, 6.45) is 3.75. The molecule has 1 aliphatic heterocycles. The zero-order valence-electron chi connectivity index (χ0n) is 10.4. The summed E-state index contributed by atoms with van der Waals surface area (Å²) in [7, 11) is 0. The molecule has 1 saturated heterocycles. The van der Waals surface area contributed by atoms with Crippen LogP contribution in [-0.2, 0) is 4.79 Å². The number of carbonyl (C=O) groups is 1. The first-order valence-corrected chi connectivity index (χ1v) is 7.27. The fourth-order valence-corrected chi connectivity index (χ4v) is 3.61. The van der Waals surface area contributed by atoms with E-state index in [-0.39, 0.29) is 5.91 Å². The van der Waals surface area contributed by atoms with Gasteiger partial charge in [-0.3, -0.25) is 4.79 Å². The molecule has 1 fully saturated rings. The van der Waals surface area contributed by atoms with Crippen molar-refractivity contribution in [3.63, 3.8) is 0 Å². The molecule has 3 nitrogen and oxygen atoms in total. The summed E-state index contributed by atoms with van der Waals surface area (Å²) in [4.78, 5) is 10.6. The van der Waals surface area contributed by atoms with Gasteiger partial charge in [-0.1, -0.05) is 13.8 Å². The molecule has 0 aromatic carbocycles. The lowest BCUT2D eigenvalue weighted by Crippen LogP contribution is -2.46. The lowest BCUT2D eigenvalue weighted by Gasteiger charge is -2.39. The second-order valence-corrected chi connectivity index (χ2v) is 6.39. The molecule has 0 aromatic rings. The smallest absolute Gasteiger partial charge is 0.217 e. The maximum Gasteiger partial charge on any atom is 0.217 e. The lowest BCUT2D eigenvalue weighted by atomic mass is 9.82. The molecule has 0 spiro atoms. The molecule has 0 saturated carbocycles. The number of thioether (sulfide) groups is 1. The van der Waals surface area contributed by atoms with Crippen LogP contribution in [0.5, 0.6) is 0 Å². The Kier molecular flexibility index (Phi) is 5.62. The minimum atomic E-state index is -0.187. The fourth-order valence-electron chi connectivity index (χ4n) is 1.97. The number of primary amides is 1. The molecular formula is C12H24N2OS. The Morgan fingerprint density at radius 1 is 1.50 bits per heavy atom. The molecule has 0 aliphatic carbocycles. The summed E-state index contributed by atoms with van der Waals surface area (Å²) in [5.41, 5.74) is 5.51. The average molecular weight is 244 g/mol. The van der Waals surface area contributed by atoms with Crippen molar-refractivity contribution in [1.29, 1.82) is 0 Å². The number of rotatable bonds is 6. The van der Waals surface area contributed by atoms with Gasteiger partial charge in [0, 0.05) is 18.2 Å². The highest BCUT2D eigenvalue weighted by molar-refractivity contribution is 7.99. The number of hydrogen-bond donors (Lipinski definition) is 2. The highest BCUT2D eigenvalue weighted by atomic mass is 32.2. The fraction of sp³-hybridized carbons (Fsp3) is 0.917. The topological polar surface area (TPSA) is 55.1 Å². The Morgan fingerprint density at radius 3 is 2.88 bits per heavy atom. The summed E-state index contributed by atoms with van der Waals surface area (Å²) in [6.45, 7) is 5.68. The molecule has 0 radical (unpaired) electrons. The van der Waals surface area contributed by atoms with Crippen molar-refractivity contribution >= 4 is 17.7 Å². The number of nitrogens with two attached hydrogens (primary N) is 1. The largest absolute Gasteiger partial charge is 0.370 e. The molecule has 94 valence electrons. The van der Waals surface area contributed by atoms with Gasteiger partial charge in [0.2, 0.25) is 5.91 Å². The van der Waals surface area contributed by atoms with Crippen LogP contribution in [0, 0.1) is 5.41 Å². The number of carbonyl (C=O) groups excluding carboxylic acids is 1. The maximum atomic E-state index is 10.6. The first-order chi connectivity index (χ1) is 7.52. The van der Waals surface area contributed by atoms with Gasteiger partial charge in [-0.15, -0.1) is 0 Å². The van der Waals surface area contributed by atoms with Gasteiger partial charge in [0.25, 0.3) is 0 Å². The van der Waals surface area contributed by atoms with Gasteiger partial charge in [-0.2, -0.15) is 11.8 Å². The van der Waals surface area contributed by atoms with E-state index in [2.05, 4.69) is 19.2 Å². The number of amides is 1. The third-order valence-corrected chi connectivity index (χ3v) is 4.42. The van der Waals surface area contributed by atoms with E-state index < -0.39 is 0 Å². The van der Waals surface area contributed by atoms with Gasteiger partial charge in [0.1, 0.15) is 0 Å². The van der Waals surface area contributed by atoms with E-state index in [4.69, 9.17) is 5.73 Å². The third kappa shape index (κ3) is 4.74. The van der Waals surface area contributed by atoms with Crippen molar-refractivity contribution in [3.05, 3.63) is 0 Å². The quantitative estimate of drug-likeness (QED) is 0.700. The normalized spacial score (nSPS) is 24.2. The standard InChI is InChI=1S/C12H24N2OS/c1-12(2)6-8-16-9-10(12)14-7-4-3-5-11(13)15/h10,14H,3-9H2,1-2H3,(H2,13,15). The molecule has 1 rings (SSSR count). The second kappa shape index (κ2) is 6.50. The van der Waals surface area contributed by atoms with Crippen LogP contribution >= 0.6 is 11.8 Å². The number of unbranched alkanes of at least 4 members (excludes halogenated alkanes) is 1. The van der Waals surface area contributed by atoms with Crippen LogP contribution < -0.4 is 11.1 Å². The molecule has 4 heteroatoms. The highest BCUT2D eigenvalue weighted by Gasteiger charge is 2.31. The van der Waals surface area contributed by atoms with Gasteiger partial charge in [0.15, 0.2) is 0 Å². The molecule has 1 amide bonds. The van der Waals surface area contributed by atoms with Crippen LogP contribution in [0.3, 0.4) is 0 Å². The van der Waals surface area contributed by atoms with Crippen molar-refractivity contribution < 1.29 is 4.79 Å². The molecule has 1 atom stereocenters. The first kappa shape index (κ1) is 13.8. The monoisotopic (exact) mass is 244 g/mol. The molecule has 3 N–H and O–H groups in total. The number of nitrogens with one attached hydrogen (secondary N) is 1. The second-order valence-electron chi connectivity index (χ2n) is 5.24. The molecule has 1 heterocycles. The summed E-state index contributed by atoms with van der Waals surface area (Å²) < 4.78 is 0. The van der Waals surface area contributed by atoms with Gasteiger partial charge < -0.3 is 11.1 Å². The van der Waals surface area contributed by atoms with Crippen LogP contribution in [-0.4, -0.2) is 30.0 Å². The zero-order valence-corrected chi connectivity index (χ0v) is 11.2. The minimum Gasteiger partial charge on any atom is -0.370 e. The zero-order chi connectivity index (χ0) is 12.0. The van der Waals surface area contributed by atoms with Gasteiger partial charge in [0.05, 0.1) is 0 Å². The van der Waals surface area contributed by atoms with Crippen molar-refractivity contribution in [3.8, 4) is 0 Å². The SMILES string of the molecule is CC1(C)CCSCC1NCCCCC(N)=O. The first-order valence-electron chi connectivity index (χ1n) is 6.12. The Morgan fingerprint density at radius 2 is 2.25 bits per heavy atom. The van der Waals surface area contributed by atoms with E-state index in [1.54, 1.807) is 0 Å². The highest BCUT2D eigenvalue weighted by Crippen LogP contribution is 2.33. The lowest BCUT2D eigenvalue weighted by molar-refractivity contribution is -0.118. The molecule has 0 aromatic heterocycles. The van der Waals surface area contributed by atoms with Crippen molar-refractivity contribution in [1.82, 2.24) is 5.32 Å². The summed E-state index contributed by atoms with van der Waals surface area (Å²) in [5.74, 6) is 2.31. The van der Waals surface area contributed by atoms with Gasteiger partial charge in [-0.25, -0.2) is 0 Å². The van der Waals surface area contributed by atoms with Gasteiger partial charge in [-0.05, 0) is 37.0 Å². The van der Waals surface area contributed by atoms with E-state index in [1.165, 1.54) is 17.9 Å². The Bertz CT molecular complexity index is 231. The van der Waals surface area contributed by atoms with E-state index in [9.17, 15) is 4.79 Å². The van der Waals surface area contributed by atoms with E-state index in [0.29, 0.717) is 17.9 Å². The molecule has 16 heavy (non-hydrogen) atoms. The van der Waals surface area contributed by atoms with E-state index in [0.717, 1.165) is 19.4 Å². The van der Waals surface area contributed by atoms with Crippen LogP contribution in [0.4, 0.5) is 0 Å². The molecule has 1 aliphatic rings. The third-order valence-electron chi connectivity index (χ3n) is 3.36. The minimum absolute atomic E-state index is 0.187. The molecule has 0 bridgehead atoms. The molecular weight excluding hydrogens is 220 g/mol. The Hall–Kier alpha value is -0.220. The van der Waals surface area contributed by atoms with Crippen molar-refractivity contribution in [2.75, 3.05) is 18.1 Å². The van der Waals surface area contributed by atoms with Gasteiger partial charge >= 0.3 is 0 Å². The Balaban J connectivity index is 2.14. The summed E-state index contributed by atoms with van der Waals surface area (Å²) in [5, 5.41) is 3.61. The van der Waals surface area contributed by atoms with Crippen LogP contribution in [0.15, 0.2) is 0 Å². The molecule has 1 unspecified atom stereocenters. The predicted molar refractivity (Wildman–Crippen MR) is 70.6 cm³/mol. The number of hydrogen-bond acceptors (Lipinski definition) is 3. The van der Waals surface area contributed by atoms with Crippen LogP contribution in [0.25, 0.3) is 0 Å². The van der Waals surface area contributed by atoms with Crippen molar-refractivity contribution in [2.24, 2.45) is 11.1 Å². The average Bonchev–Trinajstić information content (AvgIpc) is 2.19. The van der Waals surface area contributed by atoms with Crippen molar-refractivity contribution in [2.45, 2.75) is 45.6 Å². The Labute approximate surface area is 103 Å². The van der Waals surface area contributed by atoms with Crippen LogP contribution in [0.2, 0.25) is 0 Å². The summed E-state index contributed by atoms with van der Waals surface area (Å²) in [6, 6.07) is 0.611. The maximum absolute atomic E-state index is 10.6. The van der Waals surface area contributed by atoms with Crippen LogP contribution in [0.1, 0.15) is 39.5 Å². The summed E-state index contributed by atoms with van der Waals surface area (Å²) >= 11 is 2.04. The van der Waals surface area contributed by atoms with E-state index in [1.807, 2.05) is 11.8 Å². The van der Waals surface area contributed by atoms with E-state index >= 15 is 0 Å².